The Balaban J connectivity index is 1.57. The lowest BCUT2D eigenvalue weighted by Gasteiger charge is -2.11. The van der Waals surface area contributed by atoms with Crippen molar-refractivity contribution in [3.63, 3.8) is 0 Å². The first-order valence-electron chi connectivity index (χ1n) is 11.0. The number of rotatable bonds is 8. The molecule has 0 saturated heterocycles. The van der Waals surface area contributed by atoms with Gasteiger partial charge in [0.2, 0.25) is 5.91 Å². The van der Waals surface area contributed by atoms with Crippen molar-refractivity contribution in [2.75, 3.05) is 11.9 Å². The smallest absolute Gasteiger partial charge is 0.343 e. The zero-order valence-corrected chi connectivity index (χ0v) is 18.9. The number of ether oxygens (including phenoxy) is 1. The van der Waals surface area contributed by atoms with Gasteiger partial charge in [-0.2, -0.15) is 9.78 Å². The lowest BCUT2D eigenvalue weighted by molar-refractivity contribution is -0.116. The van der Waals surface area contributed by atoms with Crippen molar-refractivity contribution >= 4 is 34.4 Å². The quantitative estimate of drug-likeness (QED) is 0.309. The zero-order chi connectivity index (χ0) is 24.1. The van der Waals surface area contributed by atoms with Gasteiger partial charge in [-0.05, 0) is 32.0 Å². The molecule has 2 aromatic heterocycles. The summed E-state index contributed by atoms with van der Waals surface area (Å²) in [6, 6.07) is 18.4. The number of Topliss-reactive ketones (excluding diaryl/α,β-unsaturated/α-hetero) is 1. The fourth-order valence-corrected chi connectivity index (χ4v) is 3.48. The number of hydrogen-bond donors (Lipinski definition) is 1. The average Bonchev–Trinajstić information content (AvgIpc) is 3.26. The van der Waals surface area contributed by atoms with E-state index in [9.17, 15) is 14.4 Å². The maximum atomic E-state index is 12.8. The number of pyridine rings is 1. The van der Waals surface area contributed by atoms with Gasteiger partial charge in [-0.25, -0.2) is 9.78 Å². The van der Waals surface area contributed by atoms with E-state index in [1.807, 2.05) is 49.4 Å². The minimum atomic E-state index is -0.611. The Morgan fingerprint density at radius 2 is 1.74 bits per heavy atom. The van der Waals surface area contributed by atoms with Crippen molar-refractivity contribution in [3.05, 3.63) is 83.6 Å². The third kappa shape index (κ3) is 5.01. The molecule has 4 rings (SSSR count). The van der Waals surface area contributed by atoms with Crippen LogP contribution in [-0.4, -0.2) is 39.0 Å². The van der Waals surface area contributed by atoms with E-state index in [0.29, 0.717) is 11.4 Å². The van der Waals surface area contributed by atoms with Gasteiger partial charge in [0, 0.05) is 23.8 Å². The molecular formula is C26H24N4O4. The molecule has 172 valence electrons. The van der Waals surface area contributed by atoms with Crippen molar-refractivity contribution in [1.29, 1.82) is 0 Å². The molecule has 1 amide bonds. The molecule has 0 spiro atoms. The van der Waals surface area contributed by atoms with Gasteiger partial charge in [-0.1, -0.05) is 48.0 Å². The number of aromatic nitrogens is 3. The van der Waals surface area contributed by atoms with E-state index in [0.717, 1.165) is 16.5 Å². The van der Waals surface area contributed by atoms with Crippen molar-refractivity contribution in [1.82, 2.24) is 14.8 Å². The molecule has 0 atom stereocenters. The van der Waals surface area contributed by atoms with Crippen LogP contribution in [0.4, 0.5) is 5.82 Å². The number of nitrogens with zero attached hydrogens (tertiary/aromatic N) is 3. The summed E-state index contributed by atoms with van der Waals surface area (Å²) in [5, 5.41) is 7.95. The normalized spacial score (nSPS) is 10.8. The van der Waals surface area contributed by atoms with Crippen LogP contribution in [0.3, 0.4) is 0 Å². The van der Waals surface area contributed by atoms with Gasteiger partial charge in [-0.15, -0.1) is 0 Å². The van der Waals surface area contributed by atoms with Gasteiger partial charge in [0.25, 0.3) is 0 Å². The summed E-state index contributed by atoms with van der Waals surface area (Å²) < 4.78 is 6.50. The van der Waals surface area contributed by atoms with Gasteiger partial charge >= 0.3 is 5.97 Å². The third-order valence-electron chi connectivity index (χ3n) is 5.28. The highest BCUT2D eigenvalue weighted by Gasteiger charge is 2.22. The Morgan fingerprint density at radius 1 is 0.971 bits per heavy atom. The number of benzene rings is 2. The van der Waals surface area contributed by atoms with E-state index in [-0.39, 0.29) is 36.6 Å². The summed E-state index contributed by atoms with van der Waals surface area (Å²) in [4.78, 5) is 42.3. The highest BCUT2D eigenvalue weighted by Crippen LogP contribution is 2.23. The van der Waals surface area contributed by atoms with Crippen LogP contribution in [0.5, 0.6) is 0 Å². The van der Waals surface area contributed by atoms with Crippen molar-refractivity contribution < 1.29 is 19.1 Å². The average molecular weight is 457 g/mol. The molecular weight excluding hydrogens is 432 g/mol. The third-order valence-corrected chi connectivity index (χ3v) is 5.28. The van der Waals surface area contributed by atoms with Crippen molar-refractivity contribution in [3.8, 4) is 5.82 Å². The van der Waals surface area contributed by atoms with Crippen LogP contribution < -0.4 is 5.32 Å². The SMILES string of the molecule is CCOC(=O)c1cnn(-c2ccc3ccccc3n2)c1NC(=O)CCC(=O)c1ccc(C)cc1. The number of para-hydroxylation sites is 1. The molecule has 2 heterocycles. The fourth-order valence-electron chi connectivity index (χ4n) is 3.48. The molecule has 0 unspecified atom stereocenters. The summed E-state index contributed by atoms with van der Waals surface area (Å²) in [6.07, 6.45) is 1.32. The number of carbonyl (C=O) groups excluding carboxylic acids is 3. The van der Waals surface area contributed by atoms with E-state index >= 15 is 0 Å². The van der Waals surface area contributed by atoms with Gasteiger partial charge in [0.15, 0.2) is 17.4 Å². The van der Waals surface area contributed by atoms with E-state index < -0.39 is 11.9 Å². The number of nitrogens with one attached hydrogen (secondary N) is 1. The Labute approximate surface area is 196 Å². The van der Waals surface area contributed by atoms with Crippen LogP contribution in [-0.2, 0) is 9.53 Å². The molecule has 0 fully saturated rings. The Kier molecular flexibility index (Phi) is 6.77. The van der Waals surface area contributed by atoms with E-state index in [1.54, 1.807) is 25.1 Å². The van der Waals surface area contributed by atoms with Gasteiger partial charge in [0.1, 0.15) is 5.56 Å². The molecule has 0 aliphatic carbocycles. The van der Waals surface area contributed by atoms with Crippen LogP contribution in [0.1, 0.15) is 46.0 Å². The second-order valence-electron chi connectivity index (χ2n) is 7.74. The molecule has 4 aromatic rings. The van der Waals surface area contributed by atoms with E-state index in [4.69, 9.17) is 4.74 Å². The summed E-state index contributed by atoms with van der Waals surface area (Å²) >= 11 is 0. The maximum absolute atomic E-state index is 12.8. The van der Waals surface area contributed by atoms with Gasteiger partial charge < -0.3 is 10.1 Å². The number of aryl methyl sites for hydroxylation is 1. The van der Waals surface area contributed by atoms with Crippen LogP contribution in [0.2, 0.25) is 0 Å². The van der Waals surface area contributed by atoms with Crippen LogP contribution in [0, 0.1) is 6.92 Å². The first kappa shape index (κ1) is 22.8. The van der Waals surface area contributed by atoms with Crippen molar-refractivity contribution in [2.45, 2.75) is 26.7 Å². The van der Waals surface area contributed by atoms with Gasteiger partial charge in [-0.3, -0.25) is 9.59 Å². The minimum absolute atomic E-state index is 0.0337. The Morgan fingerprint density at radius 3 is 2.50 bits per heavy atom. The second kappa shape index (κ2) is 10.1. The standard InChI is InChI=1S/C26H24N4O4/c1-3-34-26(33)20-16-27-30(23-14-12-18-6-4-5-7-21(18)28-23)25(20)29-24(32)15-13-22(31)19-10-8-17(2)9-11-19/h4-12,14,16H,3,13,15H2,1-2H3,(H,29,32). The predicted octanol–water partition coefficient (Wildman–Crippen LogP) is 4.51. The first-order valence-corrected chi connectivity index (χ1v) is 11.0. The number of ketones is 1. The first-order chi connectivity index (χ1) is 16.5. The zero-order valence-electron chi connectivity index (χ0n) is 18.9. The maximum Gasteiger partial charge on any atom is 0.343 e. The van der Waals surface area contributed by atoms with E-state index in [1.165, 1.54) is 10.9 Å². The summed E-state index contributed by atoms with van der Waals surface area (Å²) in [7, 11) is 0. The summed E-state index contributed by atoms with van der Waals surface area (Å²) in [5.41, 5.74) is 2.46. The number of amides is 1. The molecule has 8 heteroatoms. The predicted molar refractivity (Wildman–Crippen MR) is 128 cm³/mol. The molecule has 0 aliphatic rings. The lowest BCUT2D eigenvalue weighted by Crippen LogP contribution is -2.19. The summed E-state index contributed by atoms with van der Waals surface area (Å²) in [6.45, 7) is 3.81. The fraction of sp³-hybridized carbons (Fsp3) is 0.192. The number of carbonyl (C=O) groups is 3. The van der Waals surface area contributed by atoms with Crippen molar-refractivity contribution in [2.24, 2.45) is 0 Å². The molecule has 2 aromatic carbocycles. The number of esters is 1. The molecule has 0 saturated carbocycles. The van der Waals surface area contributed by atoms with Crippen LogP contribution in [0.25, 0.3) is 16.7 Å². The number of anilines is 1. The molecule has 34 heavy (non-hydrogen) atoms. The van der Waals surface area contributed by atoms with Crippen LogP contribution >= 0.6 is 0 Å². The molecule has 0 bridgehead atoms. The second-order valence-corrected chi connectivity index (χ2v) is 7.74. The Hall–Kier alpha value is -4.33. The highest BCUT2D eigenvalue weighted by atomic mass is 16.5. The number of hydrogen-bond acceptors (Lipinski definition) is 6. The van der Waals surface area contributed by atoms with Crippen LogP contribution in [0.15, 0.2) is 66.9 Å². The molecule has 0 radical (unpaired) electrons. The summed E-state index contributed by atoms with van der Waals surface area (Å²) in [5.74, 6) is -0.589. The topological polar surface area (TPSA) is 103 Å². The molecule has 1 N–H and O–H groups in total. The molecule has 8 nitrogen and oxygen atoms in total. The monoisotopic (exact) mass is 456 g/mol. The largest absolute Gasteiger partial charge is 0.462 e. The minimum Gasteiger partial charge on any atom is -0.462 e. The van der Waals surface area contributed by atoms with E-state index in [2.05, 4.69) is 15.4 Å². The lowest BCUT2D eigenvalue weighted by atomic mass is 10.0. The highest BCUT2D eigenvalue weighted by molar-refractivity contribution is 6.03. The molecule has 0 aliphatic heterocycles. The number of fused-ring (bicyclic) bond motifs is 1. The van der Waals surface area contributed by atoms with Gasteiger partial charge in [0.05, 0.1) is 18.3 Å². The Bertz CT molecular complexity index is 1360.